The van der Waals surface area contributed by atoms with Crippen LogP contribution in [0.3, 0.4) is 0 Å². The van der Waals surface area contributed by atoms with Gasteiger partial charge in [0.15, 0.2) is 11.5 Å². The van der Waals surface area contributed by atoms with Crippen LogP contribution in [0, 0.1) is 0 Å². The SMILES string of the molecule is CCC(=O)c1cccc(NC(=O)c2ccccc2)c1OCCN(CC)CC. The van der Waals surface area contributed by atoms with E-state index in [-0.39, 0.29) is 11.7 Å². The molecule has 0 aliphatic rings. The van der Waals surface area contributed by atoms with Crippen LogP contribution in [-0.4, -0.2) is 42.8 Å². The van der Waals surface area contributed by atoms with Crippen molar-refractivity contribution in [2.24, 2.45) is 0 Å². The van der Waals surface area contributed by atoms with Gasteiger partial charge in [-0.2, -0.15) is 0 Å². The quantitative estimate of drug-likeness (QED) is 0.637. The lowest BCUT2D eigenvalue weighted by atomic mass is 10.1. The fourth-order valence-electron chi connectivity index (χ4n) is 2.80. The molecule has 5 nitrogen and oxygen atoms in total. The van der Waals surface area contributed by atoms with E-state index in [0.717, 1.165) is 19.6 Å². The van der Waals surface area contributed by atoms with Crippen molar-refractivity contribution >= 4 is 17.4 Å². The fourth-order valence-corrected chi connectivity index (χ4v) is 2.80. The highest BCUT2D eigenvalue weighted by atomic mass is 16.5. The smallest absolute Gasteiger partial charge is 0.255 e. The van der Waals surface area contributed by atoms with Gasteiger partial charge in [0.25, 0.3) is 5.91 Å². The zero-order chi connectivity index (χ0) is 19.6. The zero-order valence-corrected chi connectivity index (χ0v) is 16.3. The molecule has 1 N–H and O–H groups in total. The summed E-state index contributed by atoms with van der Waals surface area (Å²) in [4.78, 5) is 27.1. The highest BCUT2D eigenvalue weighted by Crippen LogP contribution is 2.30. The van der Waals surface area contributed by atoms with Crippen LogP contribution in [0.1, 0.15) is 47.9 Å². The van der Waals surface area contributed by atoms with Gasteiger partial charge in [-0.05, 0) is 37.4 Å². The molecule has 0 heterocycles. The van der Waals surface area contributed by atoms with E-state index < -0.39 is 0 Å². The molecule has 27 heavy (non-hydrogen) atoms. The van der Waals surface area contributed by atoms with Crippen LogP contribution < -0.4 is 10.1 Å². The molecule has 2 aromatic carbocycles. The van der Waals surface area contributed by atoms with Gasteiger partial charge in [0, 0.05) is 18.5 Å². The Bertz CT molecular complexity index is 755. The third-order valence-electron chi connectivity index (χ3n) is 4.47. The summed E-state index contributed by atoms with van der Waals surface area (Å²) < 4.78 is 5.98. The number of carbonyl (C=O) groups excluding carboxylic acids is 2. The highest BCUT2D eigenvalue weighted by Gasteiger charge is 2.17. The van der Waals surface area contributed by atoms with Gasteiger partial charge in [0.05, 0.1) is 11.3 Å². The number of ketones is 1. The molecule has 1 amide bonds. The molecule has 0 radical (unpaired) electrons. The van der Waals surface area contributed by atoms with Crippen LogP contribution in [0.2, 0.25) is 0 Å². The minimum Gasteiger partial charge on any atom is -0.489 e. The van der Waals surface area contributed by atoms with Gasteiger partial charge in [-0.3, -0.25) is 9.59 Å². The highest BCUT2D eigenvalue weighted by molar-refractivity contribution is 6.07. The van der Waals surface area contributed by atoms with Crippen LogP contribution in [0.15, 0.2) is 48.5 Å². The Morgan fingerprint density at radius 1 is 0.963 bits per heavy atom. The van der Waals surface area contributed by atoms with E-state index in [1.165, 1.54) is 0 Å². The summed E-state index contributed by atoms with van der Waals surface area (Å²) >= 11 is 0. The second-order valence-corrected chi connectivity index (χ2v) is 6.15. The summed E-state index contributed by atoms with van der Waals surface area (Å²) in [6, 6.07) is 14.3. The van der Waals surface area contributed by atoms with Gasteiger partial charge in [-0.1, -0.05) is 45.0 Å². The van der Waals surface area contributed by atoms with E-state index in [4.69, 9.17) is 4.74 Å². The molecule has 0 aliphatic carbocycles. The van der Waals surface area contributed by atoms with Crippen LogP contribution in [0.5, 0.6) is 5.75 Å². The second kappa shape index (κ2) is 10.5. The van der Waals surface area contributed by atoms with Crippen LogP contribution >= 0.6 is 0 Å². The average Bonchev–Trinajstić information content (AvgIpc) is 2.72. The first kappa shape index (κ1) is 20.6. The Balaban J connectivity index is 2.24. The van der Waals surface area contributed by atoms with Crippen molar-refractivity contribution in [2.75, 3.05) is 31.6 Å². The number of amides is 1. The molecule has 0 atom stereocenters. The molecule has 0 saturated carbocycles. The Morgan fingerprint density at radius 3 is 2.30 bits per heavy atom. The maximum absolute atomic E-state index is 12.5. The molecule has 0 aromatic heterocycles. The molecule has 0 spiro atoms. The Labute approximate surface area is 161 Å². The monoisotopic (exact) mass is 368 g/mol. The second-order valence-electron chi connectivity index (χ2n) is 6.15. The van der Waals surface area contributed by atoms with Crippen molar-refractivity contribution in [3.63, 3.8) is 0 Å². The first-order valence-electron chi connectivity index (χ1n) is 9.48. The Morgan fingerprint density at radius 2 is 1.67 bits per heavy atom. The molecule has 2 rings (SSSR count). The lowest BCUT2D eigenvalue weighted by molar-refractivity contribution is 0.0980. The van der Waals surface area contributed by atoms with E-state index in [1.807, 2.05) is 25.1 Å². The third kappa shape index (κ3) is 5.66. The lowest BCUT2D eigenvalue weighted by Gasteiger charge is -2.20. The zero-order valence-electron chi connectivity index (χ0n) is 16.3. The summed E-state index contributed by atoms with van der Waals surface area (Å²) in [5.41, 5.74) is 1.57. The minimum absolute atomic E-state index is 0.0105. The number of anilines is 1. The first-order valence-corrected chi connectivity index (χ1v) is 9.48. The number of para-hydroxylation sites is 1. The topological polar surface area (TPSA) is 58.6 Å². The summed E-state index contributed by atoms with van der Waals surface area (Å²) in [6.45, 7) is 9.10. The molecular formula is C22H28N2O3. The van der Waals surface area contributed by atoms with Crippen LogP contribution in [-0.2, 0) is 0 Å². The number of likely N-dealkylation sites (N-methyl/N-ethyl adjacent to an activating group) is 1. The maximum Gasteiger partial charge on any atom is 0.255 e. The largest absolute Gasteiger partial charge is 0.489 e. The normalized spacial score (nSPS) is 10.7. The number of hydrogen-bond donors (Lipinski definition) is 1. The van der Waals surface area contributed by atoms with E-state index in [1.54, 1.807) is 30.3 Å². The number of nitrogens with one attached hydrogen (secondary N) is 1. The van der Waals surface area contributed by atoms with Gasteiger partial charge in [-0.25, -0.2) is 0 Å². The Kier molecular flexibility index (Phi) is 8.01. The van der Waals surface area contributed by atoms with Crippen molar-refractivity contribution in [3.05, 3.63) is 59.7 Å². The third-order valence-corrected chi connectivity index (χ3v) is 4.47. The fraction of sp³-hybridized carbons (Fsp3) is 0.364. The summed E-state index contributed by atoms with van der Waals surface area (Å²) in [5.74, 6) is 0.203. The number of ether oxygens (including phenoxy) is 1. The van der Waals surface area contributed by atoms with Crippen molar-refractivity contribution in [1.29, 1.82) is 0 Å². The molecule has 5 heteroatoms. The summed E-state index contributed by atoms with van der Waals surface area (Å²) in [5, 5.41) is 2.88. The molecule has 144 valence electrons. The maximum atomic E-state index is 12.5. The van der Waals surface area contributed by atoms with E-state index in [0.29, 0.717) is 35.6 Å². The van der Waals surface area contributed by atoms with Crippen molar-refractivity contribution in [1.82, 2.24) is 4.90 Å². The van der Waals surface area contributed by atoms with Crippen molar-refractivity contribution < 1.29 is 14.3 Å². The summed E-state index contributed by atoms with van der Waals surface area (Å²) in [7, 11) is 0. The lowest BCUT2D eigenvalue weighted by Crippen LogP contribution is -2.28. The van der Waals surface area contributed by atoms with Crippen molar-refractivity contribution in [3.8, 4) is 5.75 Å². The average molecular weight is 368 g/mol. The van der Waals surface area contributed by atoms with Gasteiger partial charge in [-0.15, -0.1) is 0 Å². The predicted molar refractivity (Wildman–Crippen MR) is 109 cm³/mol. The van der Waals surface area contributed by atoms with E-state index in [9.17, 15) is 9.59 Å². The standard InChI is InChI=1S/C22H28N2O3/c1-4-20(25)18-13-10-14-19(21(18)27-16-15-24(5-2)6-3)23-22(26)17-11-8-7-9-12-17/h7-14H,4-6,15-16H2,1-3H3,(H,23,26). The van der Waals surface area contributed by atoms with E-state index in [2.05, 4.69) is 24.1 Å². The molecule has 0 bridgehead atoms. The molecule has 0 unspecified atom stereocenters. The number of carbonyl (C=O) groups is 2. The molecule has 2 aromatic rings. The predicted octanol–water partition coefficient (Wildman–Crippen LogP) is 4.25. The molecular weight excluding hydrogens is 340 g/mol. The molecule has 0 fully saturated rings. The Hall–Kier alpha value is -2.66. The minimum atomic E-state index is -0.231. The number of hydrogen-bond acceptors (Lipinski definition) is 4. The van der Waals surface area contributed by atoms with E-state index >= 15 is 0 Å². The van der Waals surface area contributed by atoms with Gasteiger partial charge >= 0.3 is 0 Å². The first-order chi connectivity index (χ1) is 13.1. The molecule has 0 saturated heterocycles. The van der Waals surface area contributed by atoms with Crippen molar-refractivity contribution in [2.45, 2.75) is 27.2 Å². The number of Topliss-reactive ketones (excluding diaryl/α,β-unsaturated/α-hetero) is 1. The number of benzene rings is 2. The number of rotatable bonds is 10. The summed E-state index contributed by atoms with van der Waals surface area (Å²) in [6.07, 6.45) is 0.377. The van der Waals surface area contributed by atoms with Crippen LogP contribution in [0.25, 0.3) is 0 Å². The van der Waals surface area contributed by atoms with Gasteiger partial charge in [0.2, 0.25) is 0 Å². The molecule has 0 aliphatic heterocycles. The van der Waals surface area contributed by atoms with Gasteiger partial charge < -0.3 is 15.0 Å². The van der Waals surface area contributed by atoms with Crippen LogP contribution in [0.4, 0.5) is 5.69 Å². The van der Waals surface area contributed by atoms with Gasteiger partial charge in [0.1, 0.15) is 6.61 Å². The number of nitrogens with zero attached hydrogens (tertiary/aromatic N) is 1.